The maximum absolute atomic E-state index is 12.2. The summed E-state index contributed by atoms with van der Waals surface area (Å²) < 4.78 is 0. The lowest BCUT2D eigenvalue weighted by molar-refractivity contribution is 0.222. The Morgan fingerprint density at radius 3 is 2.54 bits per heavy atom. The number of pyridine rings is 2. The fourth-order valence-corrected chi connectivity index (χ4v) is 3.74. The minimum atomic E-state index is -0.0543. The number of aromatic amines is 1. The summed E-state index contributed by atoms with van der Waals surface area (Å²) in [6, 6.07) is 11.7. The van der Waals surface area contributed by atoms with Crippen LogP contribution in [0.15, 0.2) is 41.2 Å². The van der Waals surface area contributed by atoms with Gasteiger partial charge in [-0.3, -0.25) is 9.69 Å². The van der Waals surface area contributed by atoms with Gasteiger partial charge in [-0.25, -0.2) is 4.98 Å². The highest BCUT2D eigenvalue weighted by atomic mass is 16.1. The number of piperazine rings is 1. The Labute approximate surface area is 153 Å². The summed E-state index contributed by atoms with van der Waals surface area (Å²) >= 11 is 0. The largest absolute Gasteiger partial charge is 0.354 e. The SMILES string of the molecule is CCC(C)CN1CCN(c2ccc3[nH]c(=O)c4ccccc4c3n2)CC1. The zero-order chi connectivity index (χ0) is 18.1. The molecule has 26 heavy (non-hydrogen) atoms. The van der Waals surface area contributed by atoms with Crippen LogP contribution in [0.4, 0.5) is 5.82 Å². The summed E-state index contributed by atoms with van der Waals surface area (Å²) in [6.45, 7) is 9.92. The summed E-state index contributed by atoms with van der Waals surface area (Å²) in [5.74, 6) is 1.75. The molecule has 1 aliphatic rings. The van der Waals surface area contributed by atoms with Crippen molar-refractivity contribution < 1.29 is 0 Å². The zero-order valence-corrected chi connectivity index (χ0v) is 15.5. The van der Waals surface area contributed by atoms with Crippen LogP contribution in [0.1, 0.15) is 20.3 Å². The molecule has 1 aromatic carbocycles. The number of fused-ring (bicyclic) bond motifs is 3. The van der Waals surface area contributed by atoms with Crippen molar-refractivity contribution in [3.05, 3.63) is 46.8 Å². The maximum Gasteiger partial charge on any atom is 0.256 e. The first-order valence-corrected chi connectivity index (χ1v) is 9.55. The van der Waals surface area contributed by atoms with E-state index in [-0.39, 0.29) is 5.56 Å². The first-order valence-electron chi connectivity index (χ1n) is 9.55. The normalized spacial score (nSPS) is 17.1. The molecule has 1 saturated heterocycles. The van der Waals surface area contributed by atoms with Gasteiger partial charge in [-0.2, -0.15) is 0 Å². The van der Waals surface area contributed by atoms with Crippen molar-refractivity contribution >= 4 is 27.6 Å². The molecule has 0 amide bonds. The molecule has 5 heteroatoms. The number of nitrogens with zero attached hydrogens (tertiary/aromatic N) is 3. The number of benzene rings is 1. The number of aromatic nitrogens is 2. The van der Waals surface area contributed by atoms with Gasteiger partial charge >= 0.3 is 0 Å². The molecule has 5 nitrogen and oxygen atoms in total. The van der Waals surface area contributed by atoms with Crippen molar-refractivity contribution in [2.45, 2.75) is 20.3 Å². The average molecular weight is 350 g/mol. The Morgan fingerprint density at radius 1 is 1.08 bits per heavy atom. The van der Waals surface area contributed by atoms with Gasteiger partial charge in [0.1, 0.15) is 5.82 Å². The third-order valence-electron chi connectivity index (χ3n) is 5.52. The topological polar surface area (TPSA) is 52.2 Å². The van der Waals surface area contributed by atoms with Crippen LogP contribution >= 0.6 is 0 Å². The van der Waals surface area contributed by atoms with E-state index in [1.54, 1.807) is 0 Å². The first kappa shape index (κ1) is 17.0. The second kappa shape index (κ2) is 7.08. The van der Waals surface area contributed by atoms with Gasteiger partial charge in [0.15, 0.2) is 0 Å². The fourth-order valence-electron chi connectivity index (χ4n) is 3.74. The molecule has 1 fully saturated rings. The molecule has 2 aromatic heterocycles. The molecule has 136 valence electrons. The molecule has 1 unspecified atom stereocenters. The highest BCUT2D eigenvalue weighted by Gasteiger charge is 2.19. The van der Waals surface area contributed by atoms with Crippen LogP contribution in [0.3, 0.4) is 0 Å². The monoisotopic (exact) mass is 350 g/mol. The lowest BCUT2D eigenvalue weighted by Gasteiger charge is -2.36. The molecule has 0 bridgehead atoms. The van der Waals surface area contributed by atoms with Crippen LogP contribution in [0.2, 0.25) is 0 Å². The van der Waals surface area contributed by atoms with Gasteiger partial charge in [-0.15, -0.1) is 0 Å². The number of anilines is 1. The predicted molar refractivity (Wildman–Crippen MR) is 108 cm³/mol. The third kappa shape index (κ3) is 3.19. The smallest absolute Gasteiger partial charge is 0.256 e. The molecule has 4 rings (SSSR count). The van der Waals surface area contributed by atoms with Crippen LogP contribution in [-0.2, 0) is 0 Å². The number of nitrogens with one attached hydrogen (secondary N) is 1. The van der Waals surface area contributed by atoms with E-state index < -0.39 is 0 Å². The first-order chi connectivity index (χ1) is 12.7. The average Bonchev–Trinajstić information content (AvgIpc) is 2.68. The molecule has 3 heterocycles. The van der Waals surface area contributed by atoms with Gasteiger partial charge in [0.2, 0.25) is 0 Å². The van der Waals surface area contributed by atoms with E-state index in [1.165, 1.54) is 13.0 Å². The molecule has 0 spiro atoms. The minimum Gasteiger partial charge on any atom is -0.354 e. The summed E-state index contributed by atoms with van der Waals surface area (Å²) in [7, 11) is 0. The molecule has 1 N–H and O–H groups in total. The van der Waals surface area contributed by atoms with Crippen LogP contribution in [0.5, 0.6) is 0 Å². The Morgan fingerprint density at radius 2 is 1.81 bits per heavy atom. The van der Waals surface area contributed by atoms with Crippen molar-refractivity contribution in [1.82, 2.24) is 14.9 Å². The standard InChI is InChI=1S/C21H26N4O/c1-3-15(2)14-24-10-12-25(13-11-24)19-9-8-18-20(23-19)16-6-4-5-7-17(16)21(26)22-18/h4-9,15H,3,10-14H2,1-2H3,(H,22,26). The van der Waals surface area contributed by atoms with Crippen molar-refractivity contribution in [3.8, 4) is 0 Å². The van der Waals surface area contributed by atoms with Crippen molar-refractivity contribution in [2.75, 3.05) is 37.6 Å². The van der Waals surface area contributed by atoms with Crippen molar-refractivity contribution in [3.63, 3.8) is 0 Å². The van der Waals surface area contributed by atoms with Crippen molar-refractivity contribution in [1.29, 1.82) is 0 Å². The number of rotatable bonds is 4. The molecule has 0 aliphatic carbocycles. The van der Waals surface area contributed by atoms with Gasteiger partial charge in [-0.1, -0.05) is 38.5 Å². The third-order valence-corrected chi connectivity index (χ3v) is 5.52. The summed E-state index contributed by atoms with van der Waals surface area (Å²) in [6.07, 6.45) is 1.23. The van der Waals surface area contributed by atoms with Gasteiger partial charge in [0, 0.05) is 43.5 Å². The fraction of sp³-hybridized carbons (Fsp3) is 0.429. The summed E-state index contributed by atoms with van der Waals surface area (Å²) in [5.41, 5.74) is 1.62. The van der Waals surface area contributed by atoms with Crippen LogP contribution in [0.25, 0.3) is 21.8 Å². The Balaban J connectivity index is 1.61. The molecular formula is C21H26N4O. The minimum absolute atomic E-state index is 0.0543. The molecule has 1 aliphatic heterocycles. The van der Waals surface area contributed by atoms with E-state index >= 15 is 0 Å². The van der Waals surface area contributed by atoms with Crippen LogP contribution in [0, 0.1) is 5.92 Å². The lowest BCUT2D eigenvalue weighted by atomic mass is 10.1. The molecule has 0 saturated carbocycles. The lowest BCUT2D eigenvalue weighted by Crippen LogP contribution is -2.47. The maximum atomic E-state index is 12.2. The number of H-pyrrole nitrogens is 1. The van der Waals surface area contributed by atoms with E-state index in [0.29, 0.717) is 5.39 Å². The highest BCUT2D eigenvalue weighted by molar-refractivity contribution is 6.03. The zero-order valence-electron chi connectivity index (χ0n) is 15.5. The van der Waals surface area contributed by atoms with E-state index in [2.05, 4.69) is 28.6 Å². The van der Waals surface area contributed by atoms with Gasteiger partial charge in [-0.05, 0) is 24.1 Å². The Bertz CT molecular complexity index is 973. The molecule has 3 aromatic rings. The van der Waals surface area contributed by atoms with Gasteiger partial charge in [0.25, 0.3) is 5.56 Å². The highest BCUT2D eigenvalue weighted by Crippen LogP contribution is 2.23. The van der Waals surface area contributed by atoms with Gasteiger partial charge < -0.3 is 9.88 Å². The van der Waals surface area contributed by atoms with E-state index in [0.717, 1.165) is 54.3 Å². The predicted octanol–water partition coefficient (Wildman–Crippen LogP) is 3.24. The Kier molecular flexibility index (Phi) is 4.64. The summed E-state index contributed by atoms with van der Waals surface area (Å²) in [5, 5.41) is 1.62. The Hall–Kier alpha value is -2.40. The number of hydrogen-bond donors (Lipinski definition) is 1. The molecule has 0 radical (unpaired) electrons. The van der Waals surface area contributed by atoms with Crippen LogP contribution in [-0.4, -0.2) is 47.6 Å². The second-order valence-corrected chi connectivity index (χ2v) is 7.37. The quantitative estimate of drug-likeness (QED) is 0.734. The van der Waals surface area contributed by atoms with Crippen LogP contribution < -0.4 is 10.5 Å². The summed E-state index contributed by atoms with van der Waals surface area (Å²) in [4.78, 5) is 25.0. The van der Waals surface area contributed by atoms with Crippen molar-refractivity contribution in [2.24, 2.45) is 5.92 Å². The molecular weight excluding hydrogens is 324 g/mol. The van der Waals surface area contributed by atoms with E-state index in [9.17, 15) is 4.79 Å². The molecule has 1 atom stereocenters. The van der Waals surface area contributed by atoms with Gasteiger partial charge in [0.05, 0.1) is 11.0 Å². The van der Waals surface area contributed by atoms with E-state index in [4.69, 9.17) is 4.98 Å². The second-order valence-electron chi connectivity index (χ2n) is 7.37. The number of hydrogen-bond acceptors (Lipinski definition) is 4. The van der Waals surface area contributed by atoms with E-state index in [1.807, 2.05) is 36.4 Å².